The molecule has 0 unspecified atom stereocenters. The van der Waals surface area contributed by atoms with Gasteiger partial charge in [0.1, 0.15) is 11.3 Å². The molecule has 0 radical (unpaired) electrons. The van der Waals surface area contributed by atoms with Crippen LogP contribution in [0.2, 0.25) is 0 Å². The van der Waals surface area contributed by atoms with Gasteiger partial charge in [-0.15, -0.1) is 0 Å². The summed E-state index contributed by atoms with van der Waals surface area (Å²) in [5.41, 5.74) is 6.21. The first-order valence-electron chi connectivity index (χ1n) is 12.0. The first-order chi connectivity index (χ1) is 16.4. The number of aryl methyl sites for hydroxylation is 2. The van der Waals surface area contributed by atoms with Crippen molar-refractivity contribution in [1.29, 1.82) is 0 Å². The Kier molecular flexibility index (Phi) is 7.22. The number of esters is 1. The van der Waals surface area contributed by atoms with E-state index in [2.05, 4.69) is 59.2 Å². The zero-order valence-electron chi connectivity index (χ0n) is 20.8. The van der Waals surface area contributed by atoms with Gasteiger partial charge in [-0.2, -0.15) is 0 Å². The maximum Gasteiger partial charge on any atom is 0.341 e. The molecule has 7 heteroatoms. The normalized spacial score (nSPS) is 14.3. The highest BCUT2D eigenvalue weighted by molar-refractivity contribution is 6.07. The predicted molar refractivity (Wildman–Crippen MR) is 138 cm³/mol. The molecule has 0 amide bonds. The van der Waals surface area contributed by atoms with Crippen LogP contribution in [0.15, 0.2) is 36.5 Å². The minimum atomic E-state index is -0.390. The minimum absolute atomic E-state index is 0.301. The van der Waals surface area contributed by atoms with E-state index in [4.69, 9.17) is 9.47 Å². The van der Waals surface area contributed by atoms with Crippen molar-refractivity contribution in [1.82, 2.24) is 9.88 Å². The van der Waals surface area contributed by atoms with Crippen LogP contribution in [0.4, 0.5) is 17.1 Å². The second kappa shape index (κ2) is 10.3. The molecule has 1 N–H and O–H groups in total. The van der Waals surface area contributed by atoms with E-state index in [9.17, 15) is 4.79 Å². The molecule has 180 valence electrons. The number of carbonyl (C=O) groups excluding carboxylic acids is 1. The molecule has 1 fully saturated rings. The number of nitrogens with zero attached hydrogens (tertiary/aromatic N) is 3. The average molecular weight is 463 g/mol. The third kappa shape index (κ3) is 4.94. The molecule has 0 spiro atoms. The molecule has 2 heterocycles. The SMILES string of the molecule is CCOC(=O)c1cnc2cc(OCC)c(N3CCN(C)CC3)cc2c1Nc1ccc(C)c(C)c1. The number of hydrogen-bond donors (Lipinski definition) is 1. The Hall–Kier alpha value is -3.32. The van der Waals surface area contributed by atoms with Crippen LogP contribution in [0, 0.1) is 13.8 Å². The van der Waals surface area contributed by atoms with E-state index in [1.807, 2.05) is 26.0 Å². The highest BCUT2D eigenvalue weighted by atomic mass is 16.5. The van der Waals surface area contributed by atoms with Crippen LogP contribution in [-0.2, 0) is 4.74 Å². The van der Waals surface area contributed by atoms with Crippen LogP contribution >= 0.6 is 0 Å². The summed E-state index contributed by atoms with van der Waals surface area (Å²) in [6.07, 6.45) is 1.59. The van der Waals surface area contributed by atoms with Gasteiger partial charge in [0.05, 0.1) is 30.1 Å². The molecule has 0 aliphatic carbocycles. The maximum absolute atomic E-state index is 12.9. The lowest BCUT2D eigenvalue weighted by Crippen LogP contribution is -2.44. The largest absolute Gasteiger partial charge is 0.492 e. The summed E-state index contributed by atoms with van der Waals surface area (Å²) in [5, 5.41) is 4.37. The topological polar surface area (TPSA) is 66.9 Å². The Morgan fingerprint density at radius 3 is 2.47 bits per heavy atom. The summed E-state index contributed by atoms with van der Waals surface area (Å²) < 4.78 is 11.4. The second-order valence-corrected chi connectivity index (χ2v) is 8.75. The second-order valence-electron chi connectivity index (χ2n) is 8.75. The average Bonchev–Trinajstić information content (AvgIpc) is 2.82. The number of rotatable bonds is 7. The first kappa shape index (κ1) is 23.8. The quantitative estimate of drug-likeness (QED) is 0.500. The van der Waals surface area contributed by atoms with E-state index in [1.54, 1.807) is 6.20 Å². The van der Waals surface area contributed by atoms with E-state index in [-0.39, 0.29) is 0 Å². The molecule has 2 aromatic carbocycles. The zero-order valence-corrected chi connectivity index (χ0v) is 20.8. The fraction of sp³-hybridized carbons (Fsp3) is 0.407. The molecule has 0 saturated carbocycles. The summed E-state index contributed by atoms with van der Waals surface area (Å²) in [7, 11) is 2.14. The third-order valence-corrected chi connectivity index (χ3v) is 6.36. The summed E-state index contributed by atoms with van der Waals surface area (Å²) in [5.74, 6) is 0.423. The van der Waals surface area contributed by atoms with Gasteiger partial charge in [-0.1, -0.05) is 6.07 Å². The van der Waals surface area contributed by atoms with Crippen molar-refractivity contribution < 1.29 is 14.3 Å². The van der Waals surface area contributed by atoms with Crippen LogP contribution in [0.3, 0.4) is 0 Å². The fourth-order valence-corrected chi connectivity index (χ4v) is 4.24. The van der Waals surface area contributed by atoms with Gasteiger partial charge >= 0.3 is 5.97 Å². The van der Waals surface area contributed by atoms with Gasteiger partial charge in [0, 0.05) is 49.5 Å². The minimum Gasteiger partial charge on any atom is -0.492 e. The standard InChI is InChI=1S/C27H34N4O3/c1-6-33-25-16-23-21(15-24(25)31-12-10-30(5)11-13-31)26(22(17-28-23)27(32)34-7-2)29-20-9-8-18(3)19(4)14-20/h8-9,14-17H,6-7,10-13H2,1-5H3,(H,28,29). The number of piperazine rings is 1. The van der Waals surface area contributed by atoms with E-state index in [0.29, 0.717) is 24.5 Å². The number of benzene rings is 2. The predicted octanol–water partition coefficient (Wildman–Crippen LogP) is 4.92. The van der Waals surface area contributed by atoms with Crippen molar-refractivity contribution in [2.45, 2.75) is 27.7 Å². The summed E-state index contributed by atoms with van der Waals surface area (Å²) >= 11 is 0. The highest BCUT2D eigenvalue weighted by Crippen LogP contribution is 2.38. The van der Waals surface area contributed by atoms with Crippen molar-refractivity contribution in [2.75, 3.05) is 56.7 Å². The molecule has 1 saturated heterocycles. The fourth-order valence-electron chi connectivity index (χ4n) is 4.24. The van der Waals surface area contributed by atoms with Crippen LogP contribution in [0.25, 0.3) is 10.9 Å². The number of ether oxygens (including phenoxy) is 2. The molecule has 1 aliphatic rings. The number of likely N-dealkylation sites (N-methyl/N-ethyl adjacent to an activating group) is 1. The van der Waals surface area contributed by atoms with Gasteiger partial charge in [0.2, 0.25) is 0 Å². The molecular formula is C27H34N4O3. The summed E-state index contributed by atoms with van der Waals surface area (Å²) in [6.45, 7) is 12.6. The monoisotopic (exact) mass is 462 g/mol. The Morgan fingerprint density at radius 2 is 1.79 bits per heavy atom. The Labute approximate surface area is 201 Å². The highest BCUT2D eigenvalue weighted by Gasteiger charge is 2.23. The molecule has 0 bridgehead atoms. The van der Waals surface area contributed by atoms with E-state index >= 15 is 0 Å². The zero-order chi connectivity index (χ0) is 24.2. The van der Waals surface area contributed by atoms with E-state index < -0.39 is 5.97 Å². The van der Waals surface area contributed by atoms with Gasteiger partial charge in [0.15, 0.2) is 0 Å². The van der Waals surface area contributed by atoms with E-state index in [1.165, 1.54) is 11.1 Å². The molecule has 0 atom stereocenters. The third-order valence-electron chi connectivity index (χ3n) is 6.36. The van der Waals surface area contributed by atoms with Crippen molar-refractivity contribution in [3.8, 4) is 5.75 Å². The summed E-state index contributed by atoms with van der Waals surface area (Å²) in [6, 6.07) is 10.3. The van der Waals surface area contributed by atoms with Gasteiger partial charge in [-0.25, -0.2) is 4.79 Å². The molecule has 1 aromatic heterocycles. The number of anilines is 3. The number of nitrogens with one attached hydrogen (secondary N) is 1. The molecule has 1 aliphatic heterocycles. The van der Waals surface area contributed by atoms with Gasteiger partial charge < -0.3 is 24.6 Å². The van der Waals surface area contributed by atoms with Gasteiger partial charge in [-0.05, 0) is 64.1 Å². The molecule has 7 nitrogen and oxygen atoms in total. The van der Waals surface area contributed by atoms with Crippen LogP contribution in [-0.4, -0.2) is 62.3 Å². The lowest BCUT2D eigenvalue weighted by atomic mass is 10.1. The van der Waals surface area contributed by atoms with Crippen molar-refractivity contribution in [3.05, 3.63) is 53.2 Å². The van der Waals surface area contributed by atoms with Crippen LogP contribution < -0.4 is 15.0 Å². The summed E-state index contributed by atoms with van der Waals surface area (Å²) in [4.78, 5) is 22.2. The van der Waals surface area contributed by atoms with Gasteiger partial charge in [0.25, 0.3) is 0 Å². The number of carbonyl (C=O) groups is 1. The number of hydrogen-bond acceptors (Lipinski definition) is 7. The molecular weight excluding hydrogens is 428 g/mol. The maximum atomic E-state index is 12.9. The lowest BCUT2D eigenvalue weighted by molar-refractivity contribution is 0.0527. The molecule has 34 heavy (non-hydrogen) atoms. The molecule has 4 rings (SSSR count). The van der Waals surface area contributed by atoms with Crippen LogP contribution in [0.5, 0.6) is 5.75 Å². The van der Waals surface area contributed by atoms with Crippen LogP contribution in [0.1, 0.15) is 35.3 Å². The smallest absolute Gasteiger partial charge is 0.341 e. The van der Waals surface area contributed by atoms with Crippen molar-refractivity contribution in [2.24, 2.45) is 0 Å². The number of fused-ring (bicyclic) bond motifs is 1. The molecule has 3 aromatic rings. The van der Waals surface area contributed by atoms with Crippen molar-refractivity contribution in [3.63, 3.8) is 0 Å². The van der Waals surface area contributed by atoms with Crippen molar-refractivity contribution >= 4 is 33.9 Å². The Bertz CT molecular complexity index is 1190. The van der Waals surface area contributed by atoms with E-state index in [0.717, 1.165) is 54.2 Å². The van der Waals surface area contributed by atoms with Gasteiger partial charge in [-0.3, -0.25) is 4.98 Å². The Balaban J connectivity index is 1.88. The lowest BCUT2D eigenvalue weighted by Gasteiger charge is -2.35. The number of pyridine rings is 1. The first-order valence-corrected chi connectivity index (χ1v) is 12.0. The Morgan fingerprint density at radius 1 is 1.03 bits per heavy atom. The number of aromatic nitrogens is 1.